The SMILES string of the molecule is CCC[C@H](N)c1cccc(-c2ccc3cnn(-c4cccc(C(C)O)n4)c3c2)n1. The highest BCUT2D eigenvalue weighted by atomic mass is 16.3. The van der Waals surface area contributed by atoms with Gasteiger partial charge < -0.3 is 10.8 Å². The van der Waals surface area contributed by atoms with Crippen LogP contribution in [-0.2, 0) is 0 Å². The zero-order valence-corrected chi connectivity index (χ0v) is 16.7. The molecule has 3 N–H and O–H groups in total. The van der Waals surface area contributed by atoms with Gasteiger partial charge in [0.25, 0.3) is 0 Å². The molecular formula is C23H25N5O. The third kappa shape index (κ3) is 3.90. The van der Waals surface area contributed by atoms with Crippen molar-refractivity contribution in [2.75, 3.05) is 0 Å². The third-order valence-electron chi connectivity index (χ3n) is 5.02. The van der Waals surface area contributed by atoms with Crippen LogP contribution in [0.4, 0.5) is 0 Å². The predicted molar refractivity (Wildman–Crippen MR) is 115 cm³/mol. The second-order valence-electron chi connectivity index (χ2n) is 7.27. The summed E-state index contributed by atoms with van der Waals surface area (Å²) in [6, 6.07) is 17.6. The van der Waals surface area contributed by atoms with Crippen LogP contribution in [0.25, 0.3) is 28.0 Å². The molecule has 0 fully saturated rings. The van der Waals surface area contributed by atoms with E-state index >= 15 is 0 Å². The Labute approximate surface area is 170 Å². The quantitative estimate of drug-likeness (QED) is 0.514. The van der Waals surface area contributed by atoms with Gasteiger partial charge in [-0.2, -0.15) is 5.10 Å². The minimum atomic E-state index is -0.633. The maximum Gasteiger partial charge on any atom is 0.154 e. The van der Waals surface area contributed by atoms with Crippen molar-refractivity contribution in [2.45, 2.75) is 38.8 Å². The number of rotatable bonds is 6. The zero-order valence-electron chi connectivity index (χ0n) is 16.7. The lowest BCUT2D eigenvalue weighted by molar-refractivity contribution is 0.194. The average Bonchev–Trinajstić information content (AvgIpc) is 3.17. The summed E-state index contributed by atoms with van der Waals surface area (Å²) in [5.74, 6) is 0.669. The molecule has 0 aliphatic rings. The summed E-state index contributed by atoms with van der Waals surface area (Å²) in [6.07, 6.45) is 3.12. The van der Waals surface area contributed by atoms with Crippen molar-refractivity contribution < 1.29 is 5.11 Å². The van der Waals surface area contributed by atoms with Gasteiger partial charge >= 0.3 is 0 Å². The molecule has 1 aromatic carbocycles. The molecule has 0 spiro atoms. The topological polar surface area (TPSA) is 89.8 Å². The van der Waals surface area contributed by atoms with Crippen molar-refractivity contribution >= 4 is 10.9 Å². The van der Waals surface area contributed by atoms with Crippen LogP contribution in [0, 0.1) is 0 Å². The molecule has 0 radical (unpaired) electrons. The van der Waals surface area contributed by atoms with Gasteiger partial charge in [0.15, 0.2) is 5.82 Å². The first kappa shape index (κ1) is 19.2. The van der Waals surface area contributed by atoms with Crippen molar-refractivity contribution in [3.63, 3.8) is 0 Å². The van der Waals surface area contributed by atoms with Crippen LogP contribution in [-0.4, -0.2) is 24.9 Å². The summed E-state index contributed by atoms with van der Waals surface area (Å²) in [6.45, 7) is 3.83. The van der Waals surface area contributed by atoms with E-state index in [9.17, 15) is 5.11 Å². The molecular weight excluding hydrogens is 362 g/mol. The molecule has 1 unspecified atom stereocenters. The number of aliphatic hydroxyl groups excluding tert-OH is 1. The van der Waals surface area contributed by atoms with Crippen molar-refractivity contribution in [1.82, 2.24) is 19.7 Å². The lowest BCUT2D eigenvalue weighted by atomic mass is 10.1. The molecule has 0 saturated carbocycles. The number of aromatic nitrogens is 4. The van der Waals surface area contributed by atoms with E-state index in [1.165, 1.54) is 0 Å². The van der Waals surface area contributed by atoms with Gasteiger partial charge in [0.2, 0.25) is 0 Å². The highest BCUT2D eigenvalue weighted by molar-refractivity contribution is 5.84. The van der Waals surface area contributed by atoms with Gasteiger partial charge in [-0.25, -0.2) is 9.67 Å². The third-order valence-corrected chi connectivity index (χ3v) is 5.02. The molecule has 29 heavy (non-hydrogen) atoms. The molecule has 0 aliphatic carbocycles. The average molecular weight is 387 g/mol. The Morgan fingerprint density at radius 2 is 1.83 bits per heavy atom. The minimum absolute atomic E-state index is 0.0541. The molecule has 2 atom stereocenters. The van der Waals surface area contributed by atoms with Crippen LogP contribution in [0.3, 0.4) is 0 Å². The summed E-state index contributed by atoms with van der Waals surface area (Å²) < 4.78 is 1.79. The van der Waals surface area contributed by atoms with Crippen LogP contribution < -0.4 is 5.73 Å². The summed E-state index contributed by atoms with van der Waals surface area (Å²) in [7, 11) is 0. The van der Waals surface area contributed by atoms with Crippen molar-refractivity contribution in [1.29, 1.82) is 0 Å². The molecule has 3 heterocycles. The Bertz CT molecular complexity index is 1140. The van der Waals surface area contributed by atoms with E-state index in [0.717, 1.165) is 40.7 Å². The molecule has 0 amide bonds. The maximum atomic E-state index is 9.85. The van der Waals surface area contributed by atoms with Gasteiger partial charge in [-0.1, -0.05) is 37.6 Å². The number of fused-ring (bicyclic) bond motifs is 1. The first-order valence-electron chi connectivity index (χ1n) is 9.93. The van der Waals surface area contributed by atoms with Crippen molar-refractivity contribution in [2.24, 2.45) is 5.73 Å². The largest absolute Gasteiger partial charge is 0.387 e. The number of hydrogen-bond donors (Lipinski definition) is 2. The lowest BCUT2D eigenvalue weighted by Gasteiger charge is -2.11. The first-order chi connectivity index (χ1) is 14.1. The fourth-order valence-electron chi connectivity index (χ4n) is 3.43. The van der Waals surface area contributed by atoms with Gasteiger partial charge in [0.05, 0.1) is 34.9 Å². The van der Waals surface area contributed by atoms with E-state index in [4.69, 9.17) is 10.7 Å². The standard InChI is InChI=1S/C23H25N5O/c1-3-6-18(24)21-9-4-8-20(26-21)16-11-12-17-14-25-28(22(17)13-16)23-10-5-7-19(27-23)15(2)29/h4-5,7-15,18,29H,3,6,24H2,1-2H3/t15?,18-/m0/s1. The molecule has 3 aromatic heterocycles. The minimum Gasteiger partial charge on any atom is -0.387 e. The number of nitrogens with zero attached hydrogens (tertiary/aromatic N) is 4. The van der Waals surface area contributed by atoms with Crippen LogP contribution >= 0.6 is 0 Å². The summed E-state index contributed by atoms with van der Waals surface area (Å²) in [5, 5.41) is 15.4. The van der Waals surface area contributed by atoms with E-state index < -0.39 is 6.10 Å². The number of aliphatic hydroxyl groups is 1. The van der Waals surface area contributed by atoms with Gasteiger partial charge in [-0.15, -0.1) is 0 Å². The Hall–Kier alpha value is -3.09. The Morgan fingerprint density at radius 3 is 2.62 bits per heavy atom. The predicted octanol–water partition coefficient (Wildman–Crippen LogP) is 4.34. The molecule has 0 bridgehead atoms. The molecule has 6 nitrogen and oxygen atoms in total. The fraction of sp³-hybridized carbons (Fsp3) is 0.261. The van der Waals surface area contributed by atoms with Gasteiger partial charge in [-0.3, -0.25) is 4.98 Å². The Balaban J connectivity index is 1.77. The normalized spacial score (nSPS) is 13.5. The van der Waals surface area contributed by atoms with Crippen molar-refractivity contribution in [3.05, 3.63) is 72.2 Å². The molecule has 4 aromatic rings. The van der Waals surface area contributed by atoms with E-state index in [-0.39, 0.29) is 6.04 Å². The van der Waals surface area contributed by atoms with Crippen molar-refractivity contribution in [3.8, 4) is 17.1 Å². The van der Waals surface area contributed by atoms with Crippen LogP contribution in [0.1, 0.15) is 50.2 Å². The monoisotopic (exact) mass is 387 g/mol. The lowest BCUT2D eigenvalue weighted by Crippen LogP contribution is -2.11. The van der Waals surface area contributed by atoms with E-state index in [2.05, 4.69) is 23.1 Å². The molecule has 0 aliphatic heterocycles. The highest BCUT2D eigenvalue weighted by Crippen LogP contribution is 2.26. The number of nitrogens with two attached hydrogens (primary N) is 1. The van der Waals surface area contributed by atoms with E-state index in [1.807, 2.05) is 48.7 Å². The smallest absolute Gasteiger partial charge is 0.154 e. The maximum absolute atomic E-state index is 9.85. The molecule has 6 heteroatoms. The van der Waals surface area contributed by atoms with Gasteiger partial charge in [-0.05, 0) is 43.7 Å². The Kier molecular flexibility index (Phi) is 5.38. The van der Waals surface area contributed by atoms with Crippen LogP contribution in [0.2, 0.25) is 0 Å². The van der Waals surface area contributed by atoms with E-state index in [0.29, 0.717) is 11.5 Å². The fourth-order valence-corrected chi connectivity index (χ4v) is 3.43. The first-order valence-corrected chi connectivity index (χ1v) is 9.93. The number of hydrogen-bond acceptors (Lipinski definition) is 5. The summed E-state index contributed by atoms with van der Waals surface area (Å²) >= 11 is 0. The number of benzene rings is 1. The van der Waals surface area contributed by atoms with Gasteiger partial charge in [0.1, 0.15) is 0 Å². The van der Waals surface area contributed by atoms with Crippen LogP contribution in [0.15, 0.2) is 60.8 Å². The molecule has 0 saturated heterocycles. The highest BCUT2D eigenvalue weighted by Gasteiger charge is 2.12. The summed E-state index contributed by atoms with van der Waals surface area (Å²) in [5.41, 5.74) is 10.6. The Morgan fingerprint density at radius 1 is 1.03 bits per heavy atom. The molecule has 4 rings (SSSR count). The second-order valence-corrected chi connectivity index (χ2v) is 7.27. The summed E-state index contributed by atoms with van der Waals surface area (Å²) in [4.78, 5) is 9.33. The van der Waals surface area contributed by atoms with Crippen LogP contribution in [0.5, 0.6) is 0 Å². The zero-order chi connectivity index (χ0) is 20.4. The van der Waals surface area contributed by atoms with Gasteiger partial charge in [0, 0.05) is 17.0 Å². The number of pyridine rings is 2. The van der Waals surface area contributed by atoms with E-state index in [1.54, 1.807) is 17.7 Å². The second kappa shape index (κ2) is 8.11. The molecule has 148 valence electrons.